The summed E-state index contributed by atoms with van der Waals surface area (Å²) >= 11 is 0. The highest BCUT2D eigenvalue weighted by molar-refractivity contribution is 5.78. The van der Waals surface area contributed by atoms with Crippen LogP contribution in [0.5, 0.6) is 5.88 Å². The number of benzene rings is 1. The zero-order valence-corrected chi connectivity index (χ0v) is 12.5. The Labute approximate surface area is 123 Å². The van der Waals surface area contributed by atoms with Crippen LogP contribution in [-0.4, -0.2) is 22.8 Å². The minimum absolute atomic E-state index is 0.215. The molecule has 112 valence electrons. The lowest BCUT2D eigenvalue weighted by molar-refractivity contribution is -0.117. The van der Waals surface area contributed by atoms with Crippen LogP contribution in [0.2, 0.25) is 0 Å². The van der Waals surface area contributed by atoms with E-state index in [4.69, 9.17) is 10.5 Å². The molecule has 6 nitrogen and oxygen atoms in total. The molecule has 0 atom stereocenters. The van der Waals surface area contributed by atoms with Crippen molar-refractivity contribution in [2.45, 2.75) is 19.9 Å². The van der Waals surface area contributed by atoms with Crippen LogP contribution in [0.15, 0.2) is 24.3 Å². The molecule has 21 heavy (non-hydrogen) atoms. The zero-order valence-electron chi connectivity index (χ0n) is 12.5. The number of anilines is 1. The molecule has 3 N–H and O–H groups in total. The Kier molecular flexibility index (Phi) is 4.47. The van der Waals surface area contributed by atoms with Gasteiger partial charge in [-0.25, -0.2) is 4.68 Å². The second-order valence-electron chi connectivity index (χ2n) is 4.85. The fourth-order valence-electron chi connectivity index (χ4n) is 2.36. The van der Waals surface area contributed by atoms with Crippen molar-refractivity contribution in [1.82, 2.24) is 9.78 Å². The van der Waals surface area contributed by atoms with E-state index in [1.54, 1.807) is 11.8 Å². The molecule has 0 radical (unpaired) electrons. The summed E-state index contributed by atoms with van der Waals surface area (Å²) in [5, 5.41) is 7.67. The van der Waals surface area contributed by atoms with Gasteiger partial charge in [-0.3, -0.25) is 4.79 Å². The van der Waals surface area contributed by atoms with Crippen LogP contribution in [0.25, 0.3) is 0 Å². The number of amides is 1. The van der Waals surface area contributed by atoms with Gasteiger partial charge < -0.3 is 15.8 Å². The number of primary amides is 1. The molecule has 1 amide bonds. The number of aromatic nitrogens is 2. The topological polar surface area (TPSA) is 82.2 Å². The molecular weight excluding hydrogens is 268 g/mol. The smallest absolute Gasteiger partial charge is 0.221 e. The molecule has 1 aromatic heterocycles. The Morgan fingerprint density at radius 1 is 1.43 bits per heavy atom. The van der Waals surface area contributed by atoms with Crippen LogP contribution in [0.1, 0.15) is 16.8 Å². The van der Waals surface area contributed by atoms with Gasteiger partial charge in [0.2, 0.25) is 11.8 Å². The molecule has 0 saturated carbocycles. The van der Waals surface area contributed by atoms with E-state index in [0.29, 0.717) is 6.54 Å². The molecule has 0 aliphatic carbocycles. The maximum atomic E-state index is 11.1. The summed E-state index contributed by atoms with van der Waals surface area (Å²) in [4.78, 5) is 11.1. The Hall–Kier alpha value is -2.50. The van der Waals surface area contributed by atoms with Gasteiger partial charge in [0.05, 0.1) is 24.8 Å². The molecule has 6 heteroatoms. The number of nitrogens with one attached hydrogen (secondary N) is 1. The van der Waals surface area contributed by atoms with Crippen LogP contribution in [0.3, 0.4) is 0 Å². The summed E-state index contributed by atoms with van der Waals surface area (Å²) in [5.74, 6) is 0.381. The van der Waals surface area contributed by atoms with E-state index in [0.717, 1.165) is 28.4 Å². The predicted molar refractivity (Wildman–Crippen MR) is 81.2 cm³/mol. The number of hydrogen-bond acceptors (Lipinski definition) is 4. The maximum Gasteiger partial charge on any atom is 0.221 e. The summed E-state index contributed by atoms with van der Waals surface area (Å²) in [5.41, 5.74) is 8.95. The number of carbonyl (C=O) groups excluding carboxylic acids is 1. The summed E-state index contributed by atoms with van der Waals surface area (Å²) < 4.78 is 7.08. The quantitative estimate of drug-likeness (QED) is 0.841. The zero-order chi connectivity index (χ0) is 15.4. The van der Waals surface area contributed by atoms with E-state index in [9.17, 15) is 4.79 Å². The Bertz CT molecular complexity index is 649. The van der Waals surface area contributed by atoms with Gasteiger partial charge in [-0.1, -0.05) is 18.2 Å². The number of nitrogens with two attached hydrogens (primary N) is 1. The third kappa shape index (κ3) is 3.34. The number of carbonyl (C=O) groups is 1. The second-order valence-corrected chi connectivity index (χ2v) is 4.85. The first kappa shape index (κ1) is 14.9. The largest absolute Gasteiger partial charge is 0.481 e. The molecule has 0 unspecified atom stereocenters. The van der Waals surface area contributed by atoms with Gasteiger partial charge in [0.25, 0.3) is 0 Å². The summed E-state index contributed by atoms with van der Waals surface area (Å²) in [6.07, 6.45) is 0.215. The minimum atomic E-state index is -0.348. The Morgan fingerprint density at radius 2 is 2.14 bits per heavy atom. The van der Waals surface area contributed by atoms with Crippen LogP contribution in [0, 0.1) is 6.92 Å². The molecule has 1 aromatic carbocycles. The molecule has 0 aliphatic rings. The molecule has 0 fully saturated rings. The maximum absolute atomic E-state index is 11.1. The number of methoxy groups -OCH3 is 1. The van der Waals surface area contributed by atoms with Crippen molar-refractivity contribution in [3.8, 4) is 5.88 Å². The van der Waals surface area contributed by atoms with E-state index in [-0.39, 0.29) is 12.3 Å². The first-order valence-corrected chi connectivity index (χ1v) is 6.69. The first-order valence-electron chi connectivity index (χ1n) is 6.69. The Balaban J connectivity index is 2.19. The average molecular weight is 288 g/mol. The standard InChI is InChI=1S/C15H20N4O2/c1-10-12(15(21-3)19(2)18-10)9-17-13-7-5-4-6-11(13)8-14(16)20/h4-7,17H,8-9H2,1-3H3,(H2,16,20). The highest BCUT2D eigenvalue weighted by Gasteiger charge is 2.14. The molecule has 0 bridgehead atoms. The molecule has 0 saturated heterocycles. The summed E-state index contributed by atoms with van der Waals surface area (Å²) in [6.45, 7) is 2.51. The van der Waals surface area contributed by atoms with E-state index in [1.165, 1.54) is 0 Å². The first-order chi connectivity index (χ1) is 10.0. The van der Waals surface area contributed by atoms with Gasteiger partial charge >= 0.3 is 0 Å². The SMILES string of the molecule is COc1c(CNc2ccccc2CC(N)=O)c(C)nn1C. The van der Waals surface area contributed by atoms with Crippen molar-refractivity contribution in [2.24, 2.45) is 12.8 Å². The van der Waals surface area contributed by atoms with Gasteiger partial charge in [0, 0.05) is 19.3 Å². The van der Waals surface area contributed by atoms with Crippen LogP contribution in [-0.2, 0) is 24.8 Å². The number of aryl methyl sites for hydroxylation is 2. The monoisotopic (exact) mass is 288 g/mol. The third-order valence-corrected chi connectivity index (χ3v) is 3.32. The number of ether oxygens (including phenoxy) is 1. The second kappa shape index (κ2) is 6.30. The van der Waals surface area contributed by atoms with E-state index in [2.05, 4.69) is 10.4 Å². The lowest BCUT2D eigenvalue weighted by Crippen LogP contribution is -2.15. The van der Waals surface area contributed by atoms with E-state index < -0.39 is 0 Å². The van der Waals surface area contributed by atoms with Crippen LogP contribution in [0.4, 0.5) is 5.69 Å². The number of rotatable bonds is 6. The van der Waals surface area contributed by atoms with Crippen molar-refractivity contribution in [2.75, 3.05) is 12.4 Å². The van der Waals surface area contributed by atoms with Crippen molar-refractivity contribution >= 4 is 11.6 Å². The molecule has 2 aromatic rings. The molecule has 0 aliphatic heterocycles. The van der Waals surface area contributed by atoms with Crippen molar-refractivity contribution < 1.29 is 9.53 Å². The molecule has 0 spiro atoms. The molecular formula is C15H20N4O2. The van der Waals surface area contributed by atoms with Crippen molar-refractivity contribution in [3.63, 3.8) is 0 Å². The lowest BCUT2D eigenvalue weighted by atomic mass is 10.1. The lowest BCUT2D eigenvalue weighted by Gasteiger charge is -2.11. The number of nitrogens with zero attached hydrogens (tertiary/aromatic N) is 2. The van der Waals surface area contributed by atoms with Gasteiger partial charge in [0.15, 0.2) is 0 Å². The van der Waals surface area contributed by atoms with Crippen molar-refractivity contribution in [3.05, 3.63) is 41.1 Å². The highest BCUT2D eigenvalue weighted by atomic mass is 16.5. The normalized spacial score (nSPS) is 10.4. The fraction of sp³-hybridized carbons (Fsp3) is 0.333. The highest BCUT2D eigenvalue weighted by Crippen LogP contribution is 2.23. The van der Waals surface area contributed by atoms with E-state index in [1.807, 2.05) is 38.2 Å². The van der Waals surface area contributed by atoms with Gasteiger partial charge in [0.1, 0.15) is 0 Å². The van der Waals surface area contributed by atoms with Crippen LogP contribution < -0.4 is 15.8 Å². The van der Waals surface area contributed by atoms with Gasteiger partial charge in [-0.15, -0.1) is 0 Å². The predicted octanol–water partition coefficient (Wildman–Crippen LogP) is 1.38. The summed E-state index contributed by atoms with van der Waals surface area (Å²) in [6, 6.07) is 7.62. The van der Waals surface area contributed by atoms with E-state index >= 15 is 0 Å². The molecule has 1 heterocycles. The number of para-hydroxylation sites is 1. The Morgan fingerprint density at radius 3 is 2.81 bits per heavy atom. The minimum Gasteiger partial charge on any atom is -0.481 e. The van der Waals surface area contributed by atoms with Crippen LogP contribution >= 0.6 is 0 Å². The van der Waals surface area contributed by atoms with Gasteiger partial charge in [-0.05, 0) is 18.6 Å². The third-order valence-electron chi connectivity index (χ3n) is 3.32. The average Bonchev–Trinajstić information content (AvgIpc) is 2.70. The van der Waals surface area contributed by atoms with Crippen molar-refractivity contribution in [1.29, 1.82) is 0 Å². The fourth-order valence-corrected chi connectivity index (χ4v) is 2.36. The molecule has 2 rings (SSSR count). The number of hydrogen-bond donors (Lipinski definition) is 2. The summed E-state index contributed by atoms with van der Waals surface area (Å²) in [7, 11) is 3.47. The van der Waals surface area contributed by atoms with Gasteiger partial charge in [-0.2, -0.15) is 5.10 Å².